The lowest BCUT2D eigenvalue weighted by Crippen LogP contribution is -2.39. The zero-order valence-electron chi connectivity index (χ0n) is 22.4. The number of nitrogens with zero attached hydrogens (tertiary/aromatic N) is 3. The van der Waals surface area contributed by atoms with Crippen molar-refractivity contribution in [1.29, 1.82) is 0 Å². The maximum atomic E-state index is 11.7. The van der Waals surface area contributed by atoms with Crippen LogP contribution in [-0.4, -0.2) is 67.1 Å². The Kier molecular flexibility index (Phi) is 8.25. The molecule has 2 aliphatic heterocycles. The molecule has 2 aromatic carbocycles. The number of carbonyl (C=O) groups is 1. The summed E-state index contributed by atoms with van der Waals surface area (Å²) < 4.78 is 29.8. The number of aliphatic carboxylic acids is 1. The van der Waals surface area contributed by atoms with Crippen molar-refractivity contribution in [3.8, 4) is 17.0 Å². The molecule has 2 fully saturated rings. The Hall–Kier alpha value is -2.95. The average Bonchev–Trinajstić information content (AvgIpc) is 3.40. The van der Waals surface area contributed by atoms with Crippen molar-refractivity contribution < 1.29 is 23.1 Å². The van der Waals surface area contributed by atoms with E-state index in [0.29, 0.717) is 45.6 Å². The maximum Gasteiger partial charge on any atom is 0.306 e. The fourth-order valence-corrected chi connectivity index (χ4v) is 7.32. The summed E-state index contributed by atoms with van der Waals surface area (Å²) in [6.45, 7) is 7.89. The number of carboxylic acids is 1. The van der Waals surface area contributed by atoms with E-state index in [1.165, 1.54) is 5.56 Å². The second-order valence-electron chi connectivity index (χ2n) is 10.6. The third kappa shape index (κ3) is 6.80. The van der Waals surface area contributed by atoms with Crippen molar-refractivity contribution in [1.82, 2.24) is 9.88 Å². The minimum absolute atomic E-state index is 0.237. The van der Waals surface area contributed by atoms with Gasteiger partial charge in [0.15, 0.2) is 15.0 Å². The van der Waals surface area contributed by atoms with Gasteiger partial charge in [0.25, 0.3) is 0 Å². The quantitative estimate of drug-likeness (QED) is 0.422. The van der Waals surface area contributed by atoms with Gasteiger partial charge < -0.3 is 14.7 Å². The molecular weight excluding hydrogens is 534 g/mol. The minimum atomic E-state index is -2.88. The molecule has 0 amide bonds. The molecule has 2 aliphatic rings. The molecule has 3 heterocycles. The summed E-state index contributed by atoms with van der Waals surface area (Å²) in [6, 6.07) is 12.5. The van der Waals surface area contributed by atoms with Crippen LogP contribution in [0.4, 0.5) is 5.13 Å². The number of sulfone groups is 1. The highest BCUT2D eigenvalue weighted by Crippen LogP contribution is 2.36. The molecule has 0 unspecified atom stereocenters. The van der Waals surface area contributed by atoms with Crippen LogP contribution in [0.5, 0.6) is 5.75 Å². The van der Waals surface area contributed by atoms with Crippen molar-refractivity contribution in [3.05, 3.63) is 64.0 Å². The van der Waals surface area contributed by atoms with Gasteiger partial charge >= 0.3 is 5.97 Å². The number of piperidine rings is 1. The molecule has 0 saturated carbocycles. The summed E-state index contributed by atoms with van der Waals surface area (Å²) >= 11 is 1.58. The first kappa shape index (κ1) is 27.6. The summed E-state index contributed by atoms with van der Waals surface area (Å²) in [5.41, 5.74) is 6.37. The predicted octanol–water partition coefficient (Wildman–Crippen LogP) is 4.54. The summed E-state index contributed by atoms with van der Waals surface area (Å²) in [4.78, 5) is 20.6. The number of thiazole rings is 1. The van der Waals surface area contributed by atoms with Crippen LogP contribution in [0.15, 0.2) is 41.8 Å². The monoisotopic (exact) mass is 569 g/mol. The van der Waals surface area contributed by atoms with E-state index in [9.17, 15) is 18.3 Å². The average molecular weight is 570 g/mol. The molecule has 0 spiro atoms. The van der Waals surface area contributed by atoms with Gasteiger partial charge in [-0.1, -0.05) is 29.8 Å². The molecule has 0 radical (unpaired) electrons. The zero-order valence-corrected chi connectivity index (χ0v) is 24.1. The van der Waals surface area contributed by atoms with E-state index in [0.717, 1.165) is 45.4 Å². The van der Waals surface area contributed by atoms with E-state index < -0.39 is 15.8 Å². The number of aromatic nitrogens is 1. The van der Waals surface area contributed by atoms with Crippen LogP contribution >= 0.6 is 11.3 Å². The summed E-state index contributed by atoms with van der Waals surface area (Å²) in [7, 11) is -2.88. The van der Waals surface area contributed by atoms with E-state index >= 15 is 0 Å². The molecular formula is C29H35N3O5S2. The SMILES string of the molecule is Cc1ccc(OCc2ccc(CN3CCS(=O)(=O)CC3)cc2C)c(-c2csc(N3CCC(C(=O)O)CC3)n2)c1. The van der Waals surface area contributed by atoms with E-state index in [1.807, 2.05) is 17.5 Å². The molecule has 208 valence electrons. The molecule has 0 aliphatic carbocycles. The first-order chi connectivity index (χ1) is 18.7. The smallest absolute Gasteiger partial charge is 0.306 e. The van der Waals surface area contributed by atoms with Gasteiger partial charge in [-0.25, -0.2) is 13.4 Å². The summed E-state index contributed by atoms with van der Waals surface area (Å²) in [6.07, 6.45) is 1.28. The summed E-state index contributed by atoms with van der Waals surface area (Å²) in [5, 5.41) is 12.2. The van der Waals surface area contributed by atoms with Crippen molar-refractivity contribution in [2.24, 2.45) is 5.92 Å². The zero-order chi connectivity index (χ0) is 27.6. The molecule has 39 heavy (non-hydrogen) atoms. The second kappa shape index (κ2) is 11.7. The van der Waals surface area contributed by atoms with Crippen LogP contribution in [-0.2, 0) is 27.8 Å². The number of hydrogen-bond donors (Lipinski definition) is 1. The largest absolute Gasteiger partial charge is 0.488 e. The topological polar surface area (TPSA) is 100 Å². The van der Waals surface area contributed by atoms with Gasteiger partial charge in [0.2, 0.25) is 0 Å². The first-order valence-corrected chi connectivity index (χ1v) is 16.1. The molecule has 1 aromatic heterocycles. The molecule has 2 saturated heterocycles. The Labute approximate surface area is 234 Å². The Morgan fingerprint density at radius 1 is 1.08 bits per heavy atom. The van der Waals surface area contributed by atoms with Gasteiger partial charge in [0, 0.05) is 43.7 Å². The number of benzene rings is 2. The normalized spacial score (nSPS) is 18.3. The van der Waals surface area contributed by atoms with E-state index in [2.05, 4.69) is 47.9 Å². The molecule has 8 nitrogen and oxygen atoms in total. The Morgan fingerprint density at radius 3 is 2.51 bits per heavy atom. The van der Waals surface area contributed by atoms with Crippen LogP contribution in [0.25, 0.3) is 11.3 Å². The molecule has 0 atom stereocenters. The number of carboxylic acid groups (broad SMARTS) is 1. The molecule has 5 rings (SSSR count). The van der Waals surface area contributed by atoms with E-state index in [4.69, 9.17) is 9.72 Å². The first-order valence-electron chi connectivity index (χ1n) is 13.4. The Balaban J connectivity index is 1.24. The van der Waals surface area contributed by atoms with Crippen LogP contribution in [0.3, 0.4) is 0 Å². The van der Waals surface area contributed by atoms with Gasteiger partial charge in [-0.15, -0.1) is 11.3 Å². The van der Waals surface area contributed by atoms with Gasteiger partial charge in [-0.3, -0.25) is 9.69 Å². The van der Waals surface area contributed by atoms with Gasteiger partial charge in [-0.2, -0.15) is 0 Å². The highest BCUT2D eigenvalue weighted by atomic mass is 32.2. The lowest BCUT2D eigenvalue weighted by atomic mass is 9.97. The van der Waals surface area contributed by atoms with Crippen LogP contribution in [0.1, 0.15) is 35.1 Å². The van der Waals surface area contributed by atoms with Crippen molar-refractivity contribution in [2.75, 3.05) is 42.6 Å². The number of ether oxygens (including phenoxy) is 1. The lowest BCUT2D eigenvalue weighted by molar-refractivity contribution is -0.142. The van der Waals surface area contributed by atoms with Crippen LogP contribution in [0, 0.1) is 19.8 Å². The summed E-state index contributed by atoms with van der Waals surface area (Å²) in [5.74, 6) is 0.278. The maximum absolute atomic E-state index is 11.7. The third-order valence-electron chi connectivity index (χ3n) is 7.65. The molecule has 0 bridgehead atoms. The predicted molar refractivity (Wildman–Crippen MR) is 154 cm³/mol. The fraction of sp³-hybridized carbons (Fsp3) is 0.448. The minimum Gasteiger partial charge on any atom is -0.488 e. The lowest BCUT2D eigenvalue weighted by Gasteiger charge is -2.29. The van der Waals surface area contributed by atoms with Crippen LogP contribution < -0.4 is 9.64 Å². The van der Waals surface area contributed by atoms with Crippen molar-refractivity contribution in [3.63, 3.8) is 0 Å². The van der Waals surface area contributed by atoms with Crippen LogP contribution in [0.2, 0.25) is 0 Å². The van der Waals surface area contributed by atoms with Crippen molar-refractivity contribution in [2.45, 2.75) is 39.8 Å². The van der Waals surface area contributed by atoms with Gasteiger partial charge in [0.1, 0.15) is 12.4 Å². The standard InChI is InChI=1S/C29H35N3O5S2/c1-20-3-6-27(25(15-20)26-19-38-29(30-26)32-9-7-23(8-10-32)28(33)34)37-18-24-5-4-22(16-21(24)2)17-31-11-13-39(35,36)14-12-31/h3-6,15-16,19,23H,7-14,17-18H2,1-2H3,(H,33,34). The highest BCUT2D eigenvalue weighted by Gasteiger charge is 2.26. The Bertz CT molecular complexity index is 1430. The van der Waals surface area contributed by atoms with Gasteiger partial charge in [-0.05, 0) is 55.5 Å². The number of hydrogen-bond acceptors (Lipinski definition) is 8. The van der Waals surface area contributed by atoms with E-state index in [-0.39, 0.29) is 17.4 Å². The van der Waals surface area contributed by atoms with E-state index in [1.54, 1.807) is 11.3 Å². The van der Waals surface area contributed by atoms with Crippen molar-refractivity contribution >= 4 is 32.3 Å². The molecule has 1 N–H and O–H groups in total. The number of aryl methyl sites for hydroxylation is 2. The molecule has 3 aromatic rings. The highest BCUT2D eigenvalue weighted by molar-refractivity contribution is 7.91. The Morgan fingerprint density at radius 2 is 1.82 bits per heavy atom. The van der Waals surface area contributed by atoms with Gasteiger partial charge in [0.05, 0.1) is 23.1 Å². The second-order valence-corrected chi connectivity index (χ2v) is 13.7. The number of anilines is 1. The molecule has 10 heteroatoms. The number of rotatable bonds is 8. The fourth-order valence-electron chi connectivity index (χ4n) is 5.16. The third-order valence-corrected chi connectivity index (χ3v) is 10.2.